The van der Waals surface area contributed by atoms with Crippen molar-refractivity contribution in [3.05, 3.63) is 71.3 Å². The van der Waals surface area contributed by atoms with Gasteiger partial charge in [-0.25, -0.2) is 0 Å². The largest absolute Gasteiger partial charge is 0.480 e. The molecule has 1 aromatic heterocycles. The van der Waals surface area contributed by atoms with Gasteiger partial charge in [-0.1, -0.05) is 48.5 Å². The fraction of sp³-hybridized carbons (Fsp3) is 0.407. The van der Waals surface area contributed by atoms with Crippen LogP contribution < -0.4 is 10.6 Å². The Kier molecular flexibility index (Phi) is 9.23. The van der Waals surface area contributed by atoms with Crippen molar-refractivity contribution in [2.45, 2.75) is 51.0 Å². The summed E-state index contributed by atoms with van der Waals surface area (Å²) in [6.07, 6.45) is 2.40. The Labute approximate surface area is 215 Å². The predicted molar refractivity (Wildman–Crippen MR) is 137 cm³/mol. The van der Waals surface area contributed by atoms with E-state index in [-0.39, 0.29) is 25.0 Å². The van der Waals surface area contributed by atoms with Crippen LogP contribution in [-0.4, -0.2) is 63.3 Å². The van der Waals surface area contributed by atoms with E-state index in [1.165, 1.54) is 22.3 Å². The highest BCUT2D eigenvalue weighted by Gasteiger charge is 2.28. The minimum Gasteiger partial charge on any atom is -0.480 e. The van der Waals surface area contributed by atoms with Gasteiger partial charge in [-0.3, -0.25) is 14.9 Å². The van der Waals surface area contributed by atoms with Crippen LogP contribution in [-0.2, 0) is 20.7 Å². The number of carbonyl (C=O) groups excluding carboxylic acids is 1. The number of carboxylic acid groups (broad SMARTS) is 1. The molecular weight excluding hydrogens is 472 g/mol. The summed E-state index contributed by atoms with van der Waals surface area (Å²) in [5.41, 5.74) is 4.93. The van der Waals surface area contributed by atoms with Gasteiger partial charge in [0.15, 0.2) is 11.6 Å². The minimum atomic E-state index is -0.912. The number of aliphatic carboxylic acids is 1. The topological polar surface area (TPSA) is 139 Å². The molecule has 3 N–H and O–H groups in total. The second-order valence-corrected chi connectivity index (χ2v) is 9.05. The summed E-state index contributed by atoms with van der Waals surface area (Å²) in [6.45, 7) is 2.80. The Morgan fingerprint density at radius 1 is 0.973 bits per heavy atom. The van der Waals surface area contributed by atoms with Gasteiger partial charge in [-0.2, -0.15) is 0 Å². The van der Waals surface area contributed by atoms with E-state index in [9.17, 15) is 14.7 Å². The average molecular weight is 505 g/mol. The number of nitrogens with zero attached hydrogens (tertiary/aromatic N) is 4. The van der Waals surface area contributed by atoms with Gasteiger partial charge in [0, 0.05) is 25.3 Å². The molecule has 37 heavy (non-hydrogen) atoms. The average Bonchev–Trinajstić information content (AvgIpc) is 3.23. The van der Waals surface area contributed by atoms with Gasteiger partial charge in [-0.15, -0.1) is 20.4 Å². The zero-order chi connectivity index (χ0) is 26.0. The monoisotopic (exact) mass is 504 g/mol. The molecule has 10 heteroatoms. The molecule has 0 saturated heterocycles. The predicted octanol–water partition coefficient (Wildman–Crippen LogP) is 2.62. The molecule has 2 aromatic carbocycles. The molecule has 194 valence electrons. The van der Waals surface area contributed by atoms with Gasteiger partial charge in [-0.05, 0) is 48.4 Å². The molecule has 0 radical (unpaired) electrons. The fourth-order valence-corrected chi connectivity index (χ4v) is 4.50. The lowest BCUT2D eigenvalue weighted by atomic mass is 9.98. The van der Waals surface area contributed by atoms with Crippen molar-refractivity contribution in [1.29, 1.82) is 0 Å². The third-order valence-corrected chi connectivity index (χ3v) is 6.41. The quantitative estimate of drug-likeness (QED) is 0.223. The number of ether oxygens (including phenoxy) is 1. The van der Waals surface area contributed by atoms with Crippen LogP contribution in [0.25, 0.3) is 11.1 Å². The van der Waals surface area contributed by atoms with Gasteiger partial charge in [0.25, 0.3) is 0 Å². The fourth-order valence-electron chi connectivity index (χ4n) is 4.50. The summed E-state index contributed by atoms with van der Waals surface area (Å²) in [4.78, 5) is 23.7. The van der Waals surface area contributed by atoms with E-state index in [1.54, 1.807) is 6.92 Å². The lowest BCUT2D eigenvalue weighted by molar-refractivity contribution is -0.140. The molecule has 0 aliphatic heterocycles. The number of benzene rings is 2. The first-order valence-electron chi connectivity index (χ1n) is 12.5. The maximum absolute atomic E-state index is 12.0. The Bertz CT molecular complexity index is 1160. The number of nitrogens with one attached hydrogen (secondary N) is 2. The van der Waals surface area contributed by atoms with E-state index in [2.05, 4.69) is 55.3 Å². The van der Waals surface area contributed by atoms with Gasteiger partial charge in [0.1, 0.15) is 6.04 Å². The highest BCUT2D eigenvalue weighted by atomic mass is 16.5. The third-order valence-electron chi connectivity index (χ3n) is 6.41. The Morgan fingerprint density at radius 3 is 2.27 bits per heavy atom. The van der Waals surface area contributed by atoms with E-state index >= 15 is 0 Å². The molecule has 0 saturated carbocycles. The summed E-state index contributed by atoms with van der Waals surface area (Å²) in [5, 5.41) is 30.8. The number of fused-ring (bicyclic) bond motifs is 3. The second kappa shape index (κ2) is 13.0. The SMILES string of the molecule is Cc1nnc(CCC(=O)NCCCCC(NCOCC2c3ccccc3-c3ccccc32)C(=O)O)nn1. The van der Waals surface area contributed by atoms with E-state index in [4.69, 9.17) is 4.74 Å². The van der Waals surface area contributed by atoms with Crippen molar-refractivity contribution < 1.29 is 19.4 Å². The Morgan fingerprint density at radius 2 is 1.62 bits per heavy atom. The molecule has 10 nitrogen and oxygen atoms in total. The molecule has 1 amide bonds. The second-order valence-electron chi connectivity index (χ2n) is 9.05. The summed E-state index contributed by atoms with van der Waals surface area (Å²) < 4.78 is 5.89. The minimum absolute atomic E-state index is 0.111. The number of aromatic nitrogens is 4. The first kappa shape index (κ1) is 26.3. The van der Waals surface area contributed by atoms with Crippen LogP contribution in [0, 0.1) is 6.92 Å². The van der Waals surface area contributed by atoms with E-state index < -0.39 is 12.0 Å². The van der Waals surface area contributed by atoms with Crippen LogP contribution in [0.3, 0.4) is 0 Å². The molecule has 1 aliphatic carbocycles. The van der Waals surface area contributed by atoms with Crippen molar-refractivity contribution in [2.75, 3.05) is 19.9 Å². The number of carboxylic acids is 1. The molecule has 0 bridgehead atoms. The van der Waals surface area contributed by atoms with Gasteiger partial charge in [0.2, 0.25) is 5.91 Å². The van der Waals surface area contributed by atoms with Crippen LogP contribution in [0.1, 0.15) is 54.4 Å². The first-order valence-corrected chi connectivity index (χ1v) is 12.5. The molecule has 1 unspecified atom stereocenters. The van der Waals surface area contributed by atoms with Crippen molar-refractivity contribution in [3.63, 3.8) is 0 Å². The maximum atomic E-state index is 12.0. The molecule has 1 heterocycles. The van der Waals surface area contributed by atoms with Crippen LogP contribution in [0.15, 0.2) is 48.5 Å². The van der Waals surface area contributed by atoms with Gasteiger partial charge in [0.05, 0.1) is 13.3 Å². The highest BCUT2D eigenvalue weighted by molar-refractivity contribution is 5.78. The lowest BCUT2D eigenvalue weighted by Gasteiger charge is -2.17. The molecule has 0 spiro atoms. The van der Waals surface area contributed by atoms with Crippen LogP contribution in [0.5, 0.6) is 0 Å². The first-order chi connectivity index (χ1) is 18.0. The van der Waals surface area contributed by atoms with Crippen LogP contribution in [0.4, 0.5) is 0 Å². The summed E-state index contributed by atoms with van der Waals surface area (Å²) >= 11 is 0. The Balaban J connectivity index is 1.13. The number of unbranched alkanes of at least 4 members (excludes halogenated alkanes) is 1. The molecule has 0 fully saturated rings. The summed E-state index contributed by atoms with van der Waals surface area (Å²) in [6, 6.07) is 15.9. The third kappa shape index (κ3) is 7.14. The van der Waals surface area contributed by atoms with Gasteiger partial charge >= 0.3 is 5.97 Å². The summed E-state index contributed by atoms with van der Waals surface area (Å²) in [7, 11) is 0. The van der Waals surface area contributed by atoms with Crippen molar-refractivity contribution >= 4 is 11.9 Å². The normalized spacial score (nSPS) is 13.1. The van der Waals surface area contributed by atoms with Crippen LogP contribution in [0.2, 0.25) is 0 Å². The molecule has 3 aromatic rings. The van der Waals surface area contributed by atoms with Crippen molar-refractivity contribution in [3.8, 4) is 11.1 Å². The van der Waals surface area contributed by atoms with Gasteiger partial charge < -0.3 is 15.2 Å². The molecule has 1 aliphatic rings. The zero-order valence-corrected chi connectivity index (χ0v) is 20.9. The number of rotatable bonds is 14. The molecule has 1 atom stereocenters. The van der Waals surface area contributed by atoms with Crippen molar-refractivity contribution in [2.24, 2.45) is 0 Å². The van der Waals surface area contributed by atoms with E-state index in [1.807, 2.05) is 24.3 Å². The molecule has 4 rings (SSSR count). The number of hydrogen-bond acceptors (Lipinski definition) is 8. The van der Waals surface area contributed by atoms with E-state index in [0.29, 0.717) is 50.5 Å². The Hall–Kier alpha value is -3.76. The zero-order valence-electron chi connectivity index (χ0n) is 20.9. The maximum Gasteiger partial charge on any atom is 0.320 e. The number of amides is 1. The smallest absolute Gasteiger partial charge is 0.320 e. The number of carbonyl (C=O) groups is 2. The molecular formula is C27H32N6O4. The van der Waals surface area contributed by atoms with Crippen LogP contribution >= 0.6 is 0 Å². The lowest BCUT2D eigenvalue weighted by Crippen LogP contribution is -2.38. The standard InChI is InChI=1S/C27H32N6O4/c1-18-30-32-25(33-31-18)13-14-26(34)28-15-7-6-12-24(27(35)36)29-17-37-16-23-21-10-4-2-8-19(21)20-9-3-5-11-22(20)23/h2-5,8-11,23-24,29H,6-7,12-17H2,1H3,(H,28,34)(H,35,36). The van der Waals surface area contributed by atoms with Crippen molar-refractivity contribution in [1.82, 2.24) is 31.0 Å². The van der Waals surface area contributed by atoms with E-state index in [0.717, 1.165) is 0 Å². The highest BCUT2D eigenvalue weighted by Crippen LogP contribution is 2.44. The number of hydrogen-bond donors (Lipinski definition) is 3. The summed E-state index contributed by atoms with van der Waals surface area (Å²) in [5.74, 6) is 0.0233. The number of aryl methyl sites for hydroxylation is 2.